The van der Waals surface area contributed by atoms with Gasteiger partial charge in [-0.3, -0.25) is 0 Å². The zero-order valence-corrected chi connectivity index (χ0v) is 13.5. The van der Waals surface area contributed by atoms with Crippen molar-refractivity contribution in [3.8, 4) is 5.75 Å². The molecule has 118 valence electrons. The predicted molar refractivity (Wildman–Crippen MR) is 92.4 cm³/mol. The SMILES string of the molecule is CC(C)(c1ccccc1)c1ccc(OCCNCCN)cc1. The Bertz CT molecular complexity index is 549. The molecule has 0 aliphatic carbocycles. The van der Waals surface area contributed by atoms with Gasteiger partial charge in [-0.2, -0.15) is 0 Å². The molecule has 2 aromatic rings. The largest absolute Gasteiger partial charge is 0.492 e. The lowest BCUT2D eigenvalue weighted by molar-refractivity contribution is 0.314. The maximum absolute atomic E-state index is 5.72. The molecular formula is C19H26N2O. The van der Waals surface area contributed by atoms with Gasteiger partial charge in [0.15, 0.2) is 0 Å². The van der Waals surface area contributed by atoms with E-state index in [-0.39, 0.29) is 5.41 Å². The van der Waals surface area contributed by atoms with Crippen molar-refractivity contribution in [1.29, 1.82) is 0 Å². The van der Waals surface area contributed by atoms with Gasteiger partial charge in [0.2, 0.25) is 0 Å². The van der Waals surface area contributed by atoms with Crippen molar-refractivity contribution in [2.24, 2.45) is 5.73 Å². The third kappa shape index (κ3) is 4.33. The molecular weight excluding hydrogens is 272 g/mol. The Morgan fingerprint density at radius 2 is 1.55 bits per heavy atom. The van der Waals surface area contributed by atoms with Crippen molar-refractivity contribution >= 4 is 0 Å². The van der Waals surface area contributed by atoms with Gasteiger partial charge in [0.05, 0.1) is 0 Å². The minimum Gasteiger partial charge on any atom is -0.492 e. The Labute approximate surface area is 133 Å². The Morgan fingerprint density at radius 3 is 2.18 bits per heavy atom. The number of ether oxygens (including phenoxy) is 1. The van der Waals surface area contributed by atoms with Gasteiger partial charge in [-0.05, 0) is 23.3 Å². The first-order valence-corrected chi connectivity index (χ1v) is 7.84. The van der Waals surface area contributed by atoms with Crippen LogP contribution in [0.25, 0.3) is 0 Å². The lowest BCUT2D eigenvalue weighted by Crippen LogP contribution is -2.26. The molecule has 0 atom stereocenters. The van der Waals surface area contributed by atoms with E-state index in [1.54, 1.807) is 0 Å². The third-order valence-electron chi connectivity index (χ3n) is 3.94. The molecule has 0 heterocycles. The molecule has 0 spiro atoms. The first kappa shape index (κ1) is 16.5. The predicted octanol–water partition coefficient (Wildman–Crippen LogP) is 2.94. The van der Waals surface area contributed by atoms with Crippen molar-refractivity contribution in [3.05, 3.63) is 65.7 Å². The van der Waals surface area contributed by atoms with Gasteiger partial charge in [-0.25, -0.2) is 0 Å². The molecule has 0 saturated carbocycles. The smallest absolute Gasteiger partial charge is 0.119 e. The van der Waals surface area contributed by atoms with E-state index in [4.69, 9.17) is 10.5 Å². The summed E-state index contributed by atoms with van der Waals surface area (Å²) in [6, 6.07) is 19.0. The maximum Gasteiger partial charge on any atom is 0.119 e. The van der Waals surface area contributed by atoms with E-state index in [1.165, 1.54) is 11.1 Å². The van der Waals surface area contributed by atoms with E-state index in [1.807, 2.05) is 12.1 Å². The van der Waals surface area contributed by atoms with Crippen LogP contribution < -0.4 is 15.8 Å². The molecule has 3 N–H and O–H groups in total. The van der Waals surface area contributed by atoms with Crippen LogP contribution in [0.1, 0.15) is 25.0 Å². The molecule has 0 aliphatic heterocycles. The number of nitrogens with one attached hydrogen (secondary N) is 1. The fraction of sp³-hybridized carbons (Fsp3) is 0.368. The Kier molecular flexibility index (Phi) is 5.99. The fourth-order valence-corrected chi connectivity index (χ4v) is 2.46. The molecule has 0 fully saturated rings. The zero-order valence-electron chi connectivity index (χ0n) is 13.5. The summed E-state index contributed by atoms with van der Waals surface area (Å²) in [5, 5.41) is 3.21. The van der Waals surface area contributed by atoms with Crippen LogP contribution in [-0.4, -0.2) is 26.2 Å². The molecule has 3 nitrogen and oxygen atoms in total. The van der Waals surface area contributed by atoms with Crippen LogP contribution in [0.3, 0.4) is 0 Å². The summed E-state index contributed by atoms with van der Waals surface area (Å²) in [7, 11) is 0. The van der Waals surface area contributed by atoms with Crippen LogP contribution in [-0.2, 0) is 5.41 Å². The van der Waals surface area contributed by atoms with Crippen LogP contribution in [0, 0.1) is 0 Å². The molecule has 0 unspecified atom stereocenters. The highest BCUT2D eigenvalue weighted by Gasteiger charge is 2.22. The molecule has 0 bridgehead atoms. The molecule has 3 heteroatoms. The molecule has 0 radical (unpaired) electrons. The van der Waals surface area contributed by atoms with Crippen molar-refractivity contribution in [2.75, 3.05) is 26.2 Å². The number of hydrogen-bond donors (Lipinski definition) is 2. The van der Waals surface area contributed by atoms with Gasteiger partial charge in [0.1, 0.15) is 12.4 Å². The molecule has 0 saturated heterocycles. The number of benzene rings is 2. The topological polar surface area (TPSA) is 47.3 Å². The molecule has 2 aromatic carbocycles. The first-order chi connectivity index (χ1) is 10.6. The minimum absolute atomic E-state index is 0.0114. The zero-order chi connectivity index (χ0) is 15.8. The fourth-order valence-electron chi connectivity index (χ4n) is 2.46. The third-order valence-corrected chi connectivity index (χ3v) is 3.94. The summed E-state index contributed by atoms with van der Waals surface area (Å²) < 4.78 is 5.72. The first-order valence-electron chi connectivity index (χ1n) is 7.84. The van der Waals surface area contributed by atoms with Crippen molar-refractivity contribution in [3.63, 3.8) is 0 Å². The second-order valence-corrected chi connectivity index (χ2v) is 5.90. The average molecular weight is 298 g/mol. The lowest BCUT2D eigenvalue weighted by Gasteiger charge is -2.26. The standard InChI is InChI=1S/C19H26N2O/c1-19(2,16-6-4-3-5-7-16)17-8-10-18(11-9-17)22-15-14-21-13-12-20/h3-11,21H,12-15,20H2,1-2H3. The Balaban J connectivity index is 1.96. The molecule has 0 amide bonds. The number of hydrogen-bond acceptors (Lipinski definition) is 3. The van der Waals surface area contributed by atoms with Gasteiger partial charge in [-0.15, -0.1) is 0 Å². The van der Waals surface area contributed by atoms with E-state index < -0.39 is 0 Å². The van der Waals surface area contributed by atoms with E-state index in [2.05, 4.69) is 61.6 Å². The molecule has 0 aromatic heterocycles. The quantitative estimate of drug-likeness (QED) is 0.737. The molecule has 22 heavy (non-hydrogen) atoms. The number of nitrogens with two attached hydrogens (primary N) is 1. The average Bonchev–Trinajstić information content (AvgIpc) is 2.56. The summed E-state index contributed by atoms with van der Waals surface area (Å²) in [5.41, 5.74) is 8.01. The highest BCUT2D eigenvalue weighted by atomic mass is 16.5. The van der Waals surface area contributed by atoms with Crippen LogP contribution in [0.2, 0.25) is 0 Å². The summed E-state index contributed by atoms with van der Waals surface area (Å²) in [6.07, 6.45) is 0. The van der Waals surface area contributed by atoms with Crippen LogP contribution in [0.15, 0.2) is 54.6 Å². The minimum atomic E-state index is -0.0114. The highest BCUT2D eigenvalue weighted by molar-refractivity contribution is 5.39. The van der Waals surface area contributed by atoms with Crippen molar-refractivity contribution in [2.45, 2.75) is 19.3 Å². The molecule has 0 aliphatic rings. The van der Waals surface area contributed by atoms with E-state index in [9.17, 15) is 0 Å². The van der Waals surface area contributed by atoms with Gasteiger partial charge in [0, 0.05) is 25.0 Å². The second-order valence-electron chi connectivity index (χ2n) is 5.90. The number of rotatable bonds is 8. The van der Waals surface area contributed by atoms with Crippen molar-refractivity contribution < 1.29 is 4.74 Å². The van der Waals surface area contributed by atoms with E-state index in [0.717, 1.165) is 18.8 Å². The van der Waals surface area contributed by atoms with Gasteiger partial charge in [0.25, 0.3) is 0 Å². The second kappa shape index (κ2) is 7.97. The maximum atomic E-state index is 5.72. The summed E-state index contributed by atoms with van der Waals surface area (Å²) >= 11 is 0. The van der Waals surface area contributed by atoms with Crippen LogP contribution in [0.5, 0.6) is 5.75 Å². The summed E-state index contributed by atoms with van der Waals surface area (Å²) in [4.78, 5) is 0. The Morgan fingerprint density at radius 1 is 0.909 bits per heavy atom. The van der Waals surface area contributed by atoms with Gasteiger partial charge in [-0.1, -0.05) is 56.3 Å². The Hall–Kier alpha value is -1.84. The lowest BCUT2D eigenvalue weighted by atomic mass is 9.78. The van der Waals surface area contributed by atoms with Crippen LogP contribution in [0.4, 0.5) is 0 Å². The van der Waals surface area contributed by atoms with E-state index in [0.29, 0.717) is 13.2 Å². The van der Waals surface area contributed by atoms with Crippen LogP contribution >= 0.6 is 0 Å². The summed E-state index contributed by atoms with van der Waals surface area (Å²) in [6.45, 7) is 7.44. The normalized spacial score (nSPS) is 11.4. The summed E-state index contributed by atoms with van der Waals surface area (Å²) in [5.74, 6) is 0.905. The van der Waals surface area contributed by atoms with Gasteiger partial charge < -0.3 is 15.8 Å². The van der Waals surface area contributed by atoms with E-state index >= 15 is 0 Å². The monoisotopic (exact) mass is 298 g/mol. The molecule has 2 rings (SSSR count). The highest BCUT2D eigenvalue weighted by Crippen LogP contribution is 2.32. The van der Waals surface area contributed by atoms with Gasteiger partial charge >= 0.3 is 0 Å². The van der Waals surface area contributed by atoms with Crippen molar-refractivity contribution in [1.82, 2.24) is 5.32 Å².